The van der Waals surface area contributed by atoms with Gasteiger partial charge in [-0.25, -0.2) is 9.18 Å². The summed E-state index contributed by atoms with van der Waals surface area (Å²) in [6, 6.07) is 10.5. The quantitative estimate of drug-likeness (QED) is 0.358. The van der Waals surface area contributed by atoms with E-state index in [2.05, 4.69) is 20.6 Å². The van der Waals surface area contributed by atoms with Crippen molar-refractivity contribution in [1.82, 2.24) is 9.97 Å². The fraction of sp³-hybridized carbons (Fsp3) is 0.0476. The number of H-pyrrole nitrogens is 1. The molecular weight excluding hydrogens is 400 g/mol. The van der Waals surface area contributed by atoms with Gasteiger partial charge in [-0.15, -0.1) is 0 Å². The topological polar surface area (TPSA) is 69.8 Å². The molecule has 0 saturated heterocycles. The summed E-state index contributed by atoms with van der Waals surface area (Å²) in [4.78, 5) is 19.3. The second-order valence-electron chi connectivity index (χ2n) is 6.44. The zero-order chi connectivity index (χ0) is 21.3. The largest absolute Gasteiger partial charge is 0.419 e. The summed E-state index contributed by atoms with van der Waals surface area (Å²) in [7, 11) is 0. The van der Waals surface area contributed by atoms with Crippen LogP contribution >= 0.6 is 0 Å². The zero-order valence-electron chi connectivity index (χ0n) is 15.2. The molecule has 4 aromatic rings. The highest BCUT2D eigenvalue weighted by Crippen LogP contribution is 2.34. The maximum absolute atomic E-state index is 14.0. The maximum Gasteiger partial charge on any atom is 0.419 e. The molecule has 0 radical (unpaired) electrons. The van der Waals surface area contributed by atoms with Crippen molar-refractivity contribution in [2.75, 3.05) is 10.6 Å². The van der Waals surface area contributed by atoms with Gasteiger partial charge in [-0.1, -0.05) is 18.2 Å². The van der Waals surface area contributed by atoms with E-state index in [9.17, 15) is 22.4 Å². The predicted octanol–water partition coefficient (Wildman–Crippen LogP) is 6.03. The third-order valence-electron chi connectivity index (χ3n) is 4.49. The van der Waals surface area contributed by atoms with E-state index >= 15 is 0 Å². The van der Waals surface area contributed by atoms with Crippen LogP contribution in [0.1, 0.15) is 5.56 Å². The Bertz CT molecular complexity index is 1220. The van der Waals surface area contributed by atoms with Crippen LogP contribution in [-0.4, -0.2) is 16.0 Å². The molecule has 5 nitrogen and oxygen atoms in total. The number of hydrogen-bond donors (Lipinski definition) is 3. The Morgan fingerprint density at radius 3 is 2.50 bits per heavy atom. The number of fused-ring (bicyclic) bond motifs is 1. The van der Waals surface area contributed by atoms with Crippen LogP contribution in [0.2, 0.25) is 0 Å². The molecule has 4 rings (SSSR count). The molecule has 0 aliphatic rings. The highest BCUT2D eigenvalue weighted by molar-refractivity contribution is 6.00. The fourth-order valence-electron chi connectivity index (χ4n) is 3.08. The number of rotatable bonds is 3. The first-order chi connectivity index (χ1) is 14.3. The lowest BCUT2D eigenvalue weighted by molar-refractivity contribution is -0.139. The number of aromatic amines is 1. The van der Waals surface area contributed by atoms with Crippen LogP contribution in [0.25, 0.3) is 22.0 Å². The van der Waals surface area contributed by atoms with Gasteiger partial charge in [0, 0.05) is 29.0 Å². The molecular formula is C21H14F4N4O. The van der Waals surface area contributed by atoms with Crippen LogP contribution < -0.4 is 10.6 Å². The lowest BCUT2D eigenvalue weighted by atomic mass is 10.1. The Labute approximate surface area is 167 Å². The number of carbonyl (C=O) groups excluding carboxylic acids is 1. The van der Waals surface area contributed by atoms with E-state index < -0.39 is 29.3 Å². The molecule has 152 valence electrons. The van der Waals surface area contributed by atoms with E-state index in [0.717, 1.165) is 34.2 Å². The number of amides is 2. The zero-order valence-corrected chi connectivity index (χ0v) is 15.2. The van der Waals surface area contributed by atoms with Gasteiger partial charge in [0.1, 0.15) is 0 Å². The molecule has 0 atom stereocenters. The van der Waals surface area contributed by atoms with Crippen molar-refractivity contribution in [2.24, 2.45) is 0 Å². The summed E-state index contributed by atoms with van der Waals surface area (Å²) in [5, 5.41) is 5.56. The average molecular weight is 414 g/mol. The summed E-state index contributed by atoms with van der Waals surface area (Å²) in [6.45, 7) is 0. The van der Waals surface area contributed by atoms with E-state index in [0.29, 0.717) is 11.8 Å². The standard InChI is InChI=1S/C21H14F4N4O/c22-19-16(21(23,24)25)2-1-3-17(19)29-20(30)28-13-6-4-12(5-7-13)15-10-27-18-11-26-9-8-14(15)18/h1-11,27H,(H2,28,29,30). The Morgan fingerprint density at radius 1 is 1.00 bits per heavy atom. The minimum atomic E-state index is -4.85. The van der Waals surface area contributed by atoms with Crippen molar-refractivity contribution in [3.63, 3.8) is 0 Å². The van der Waals surface area contributed by atoms with Crippen LogP contribution in [0.3, 0.4) is 0 Å². The number of halogens is 4. The Morgan fingerprint density at radius 2 is 1.77 bits per heavy atom. The van der Waals surface area contributed by atoms with Crippen LogP contribution in [0.15, 0.2) is 67.1 Å². The Hall–Kier alpha value is -3.88. The number of nitrogens with one attached hydrogen (secondary N) is 3. The van der Waals surface area contributed by atoms with E-state index in [1.807, 2.05) is 12.3 Å². The van der Waals surface area contributed by atoms with Crippen molar-refractivity contribution >= 4 is 28.3 Å². The van der Waals surface area contributed by atoms with Gasteiger partial charge in [0.05, 0.1) is 23.0 Å². The van der Waals surface area contributed by atoms with Crippen LogP contribution in [0.4, 0.5) is 33.7 Å². The first kappa shape index (κ1) is 19.4. The highest BCUT2D eigenvalue weighted by atomic mass is 19.4. The first-order valence-corrected chi connectivity index (χ1v) is 8.78. The van der Waals surface area contributed by atoms with Crippen molar-refractivity contribution in [3.8, 4) is 11.1 Å². The number of alkyl halides is 3. The first-order valence-electron chi connectivity index (χ1n) is 8.78. The lowest BCUT2D eigenvalue weighted by Gasteiger charge is -2.13. The molecule has 0 saturated carbocycles. The van der Waals surface area contributed by atoms with Crippen molar-refractivity contribution in [3.05, 3.63) is 78.5 Å². The summed E-state index contributed by atoms with van der Waals surface area (Å²) in [6.07, 6.45) is 0.392. The number of urea groups is 1. The van der Waals surface area contributed by atoms with Gasteiger partial charge in [0.25, 0.3) is 0 Å². The Kier molecular flexibility index (Phi) is 4.86. The number of nitrogens with zero attached hydrogens (tertiary/aromatic N) is 1. The minimum Gasteiger partial charge on any atom is -0.359 e. The monoisotopic (exact) mass is 414 g/mol. The molecule has 2 amide bonds. The normalized spacial score (nSPS) is 11.5. The van der Waals surface area contributed by atoms with Crippen LogP contribution in [0, 0.1) is 5.82 Å². The number of aromatic nitrogens is 2. The van der Waals surface area contributed by atoms with Crippen molar-refractivity contribution < 1.29 is 22.4 Å². The number of pyridine rings is 1. The molecule has 3 N–H and O–H groups in total. The molecule has 0 bridgehead atoms. The van der Waals surface area contributed by atoms with Gasteiger partial charge in [-0.05, 0) is 35.9 Å². The highest BCUT2D eigenvalue weighted by Gasteiger charge is 2.35. The van der Waals surface area contributed by atoms with Gasteiger partial charge < -0.3 is 15.6 Å². The third kappa shape index (κ3) is 3.82. The lowest BCUT2D eigenvalue weighted by Crippen LogP contribution is -2.21. The van der Waals surface area contributed by atoms with Gasteiger partial charge in [0.2, 0.25) is 0 Å². The van der Waals surface area contributed by atoms with Crippen molar-refractivity contribution in [2.45, 2.75) is 6.18 Å². The summed E-state index contributed by atoms with van der Waals surface area (Å²) in [5.41, 5.74) is 1.11. The summed E-state index contributed by atoms with van der Waals surface area (Å²) < 4.78 is 52.4. The number of carbonyl (C=O) groups is 1. The van der Waals surface area contributed by atoms with Gasteiger partial charge in [-0.2, -0.15) is 13.2 Å². The molecule has 2 heterocycles. The molecule has 30 heavy (non-hydrogen) atoms. The third-order valence-corrected chi connectivity index (χ3v) is 4.49. The second-order valence-corrected chi connectivity index (χ2v) is 6.44. The van der Waals surface area contributed by atoms with Crippen molar-refractivity contribution in [1.29, 1.82) is 0 Å². The van der Waals surface area contributed by atoms with E-state index in [1.165, 1.54) is 0 Å². The second kappa shape index (κ2) is 7.51. The molecule has 0 aliphatic heterocycles. The molecule has 0 unspecified atom stereocenters. The summed E-state index contributed by atoms with van der Waals surface area (Å²) in [5.74, 6) is -1.54. The van der Waals surface area contributed by atoms with E-state index in [4.69, 9.17) is 0 Å². The predicted molar refractivity (Wildman–Crippen MR) is 106 cm³/mol. The number of benzene rings is 2. The summed E-state index contributed by atoms with van der Waals surface area (Å²) >= 11 is 0. The van der Waals surface area contributed by atoms with Gasteiger partial charge in [-0.3, -0.25) is 4.98 Å². The smallest absolute Gasteiger partial charge is 0.359 e. The maximum atomic E-state index is 14.0. The number of anilines is 2. The van der Waals surface area contributed by atoms with Crippen LogP contribution in [0.5, 0.6) is 0 Å². The molecule has 2 aromatic heterocycles. The molecule has 0 spiro atoms. The molecule has 0 fully saturated rings. The SMILES string of the molecule is O=C(Nc1ccc(-c2c[nH]c3cnccc23)cc1)Nc1cccc(C(F)(F)F)c1F. The molecule has 9 heteroatoms. The number of hydrogen-bond acceptors (Lipinski definition) is 2. The van der Waals surface area contributed by atoms with Crippen LogP contribution in [-0.2, 0) is 6.18 Å². The average Bonchev–Trinajstić information content (AvgIpc) is 3.13. The minimum absolute atomic E-state index is 0.394. The van der Waals surface area contributed by atoms with E-state index in [-0.39, 0.29) is 0 Å². The van der Waals surface area contributed by atoms with Gasteiger partial charge >= 0.3 is 12.2 Å². The van der Waals surface area contributed by atoms with Gasteiger partial charge in [0.15, 0.2) is 5.82 Å². The van der Waals surface area contributed by atoms with E-state index in [1.54, 1.807) is 36.7 Å². The molecule has 0 aliphatic carbocycles. The fourth-order valence-corrected chi connectivity index (χ4v) is 3.08. The Balaban J connectivity index is 1.48. The molecule has 2 aromatic carbocycles.